The zero-order chi connectivity index (χ0) is 19.8. The van der Waals surface area contributed by atoms with Gasteiger partial charge in [-0.15, -0.1) is 0 Å². The zero-order valence-corrected chi connectivity index (χ0v) is 16.0. The topological polar surface area (TPSA) is 77.8 Å². The number of nitrogens with zero attached hydrogens (tertiary/aromatic N) is 1. The van der Waals surface area contributed by atoms with Crippen molar-refractivity contribution in [2.45, 2.75) is 6.04 Å². The molecule has 1 aliphatic heterocycles. The van der Waals surface area contributed by atoms with E-state index in [1.54, 1.807) is 18.3 Å². The van der Waals surface area contributed by atoms with Gasteiger partial charge in [0.1, 0.15) is 17.3 Å². The van der Waals surface area contributed by atoms with Crippen LogP contribution in [0, 0.1) is 0 Å². The summed E-state index contributed by atoms with van der Waals surface area (Å²) in [4.78, 5) is 7.49. The molecular formula is C22H17ClN3O3+. The van der Waals surface area contributed by atoms with E-state index in [0.717, 1.165) is 11.4 Å². The number of fused-ring (bicyclic) bond motifs is 2. The Morgan fingerprint density at radius 2 is 1.97 bits per heavy atom. The van der Waals surface area contributed by atoms with Gasteiger partial charge in [0.2, 0.25) is 6.79 Å². The summed E-state index contributed by atoms with van der Waals surface area (Å²) in [6, 6.07) is 16.4. The van der Waals surface area contributed by atoms with Crippen LogP contribution in [-0.4, -0.2) is 16.9 Å². The predicted octanol–water partition coefficient (Wildman–Crippen LogP) is 4.34. The smallest absolute Gasteiger partial charge is 0.272 e. The first-order valence-corrected chi connectivity index (χ1v) is 9.47. The molecule has 0 fully saturated rings. The number of phenolic OH excluding ortho intramolecular Hbond substituents is 1. The van der Waals surface area contributed by atoms with Gasteiger partial charge in [-0.1, -0.05) is 23.7 Å². The highest BCUT2D eigenvalue weighted by molar-refractivity contribution is 6.35. The van der Waals surface area contributed by atoms with E-state index < -0.39 is 6.04 Å². The van der Waals surface area contributed by atoms with Crippen LogP contribution in [0.5, 0.6) is 17.2 Å². The summed E-state index contributed by atoms with van der Waals surface area (Å²) >= 11 is 6.53. The van der Waals surface area contributed by atoms with Crippen LogP contribution in [0.25, 0.3) is 10.9 Å². The molecule has 2 aromatic carbocycles. The summed E-state index contributed by atoms with van der Waals surface area (Å²) in [6.07, 6.45) is 3.46. The van der Waals surface area contributed by atoms with Crippen LogP contribution in [0.3, 0.4) is 0 Å². The molecule has 29 heavy (non-hydrogen) atoms. The molecule has 0 unspecified atom stereocenters. The SMILES string of the molecule is Oc1c([C@H](Nc2cccc[nH+]2)c2ccc3c(c2)OCO3)cc(Cl)c2cccnc12. The Morgan fingerprint density at radius 1 is 1.07 bits per heavy atom. The van der Waals surface area contributed by atoms with Crippen LogP contribution in [-0.2, 0) is 0 Å². The molecule has 0 bridgehead atoms. The maximum absolute atomic E-state index is 11.0. The minimum absolute atomic E-state index is 0.0797. The molecule has 0 aliphatic carbocycles. The lowest BCUT2D eigenvalue weighted by atomic mass is 9.95. The van der Waals surface area contributed by atoms with Crippen molar-refractivity contribution in [2.24, 2.45) is 0 Å². The second-order valence-electron chi connectivity index (χ2n) is 6.66. The van der Waals surface area contributed by atoms with Crippen LogP contribution >= 0.6 is 11.6 Å². The third-order valence-corrected chi connectivity index (χ3v) is 5.21. The van der Waals surface area contributed by atoms with Crippen molar-refractivity contribution in [3.05, 3.63) is 83.1 Å². The number of rotatable bonds is 4. The van der Waals surface area contributed by atoms with Crippen molar-refractivity contribution in [1.82, 2.24) is 4.98 Å². The van der Waals surface area contributed by atoms with E-state index in [2.05, 4.69) is 15.3 Å². The number of benzene rings is 2. The molecule has 0 saturated heterocycles. The van der Waals surface area contributed by atoms with Crippen molar-refractivity contribution in [3.63, 3.8) is 0 Å². The Bertz CT molecular complexity index is 1200. The van der Waals surface area contributed by atoms with Gasteiger partial charge in [0, 0.05) is 28.8 Å². The van der Waals surface area contributed by atoms with Crippen LogP contribution < -0.4 is 19.8 Å². The Hall–Kier alpha value is -3.51. The molecule has 0 saturated carbocycles. The largest absolute Gasteiger partial charge is 0.505 e. The molecule has 3 heterocycles. The summed E-state index contributed by atoms with van der Waals surface area (Å²) < 4.78 is 11.0. The lowest BCUT2D eigenvalue weighted by molar-refractivity contribution is -0.361. The second kappa shape index (κ2) is 7.14. The molecule has 4 aromatic rings. The van der Waals surface area contributed by atoms with Crippen molar-refractivity contribution >= 4 is 28.3 Å². The molecule has 0 spiro atoms. The van der Waals surface area contributed by atoms with Crippen molar-refractivity contribution in [1.29, 1.82) is 0 Å². The van der Waals surface area contributed by atoms with Gasteiger partial charge in [0.15, 0.2) is 11.5 Å². The summed E-state index contributed by atoms with van der Waals surface area (Å²) in [5, 5.41) is 15.7. The Balaban J connectivity index is 1.68. The Kier molecular flexibility index (Phi) is 4.33. The molecule has 3 N–H and O–H groups in total. The van der Waals surface area contributed by atoms with Crippen molar-refractivity contribution < 1.29 is 19.6 Å². The number of nitrogens with one attached hydrogen (secondary N) is 2. The van der Waals surface area contributed by atoms with E-state index >= 15 is 0 Å². The lowest BCUT2D eigenvalue weighted by Crippen LogP contribution is -2.19. The number of hydrogen-bond acceptors (Lipinski definition) is 5. The molecule has 6 nitrogen and oxygen atoms in total. The predicted molar refractivity (Wildman–Crippen MR) is 109 cm³/mol. The number of anilines is 1. The Labute approximate surface area is 171 Å². The maximum atomic E-state index is 11.0. The fourth-order valence-electron chi connectivity index (χ4n) is 3.50. The van der Waals surface area contributed by atoms with Crippen LogP contribution in [0.15, 0.2) is 67.0 Å². The van der Waals surface area contributed by atoms with Crippen LogP contribution in [0.4, 0.5) is 5.82 Å². The first-order chi connectivity index (χ1) is 14.2. The molecule has 144 valence electrons. The number of halogens is 1. The van der Waals surface area contributed by atoms with E-state index in [1.165, 1.54) is 0 Å². The number of ether oxygens (including phenoxy) is 2. The van der Waals surface area contributed by atoms with Gasteiger partial charge in [0.05, 0.1) is 11.2 Å². The number of aromatic amines is 1. The number of H-pyrrole nitrogens is 1. The number of aromatic hydroxyl groups is 1. The summed E-state index contributed by atoms with van der Waals surface area (Å²) in [6.45, 7) is 0.195. The number of phenols is 1. The fraction of sp³-hybridized carbons (Fsp3) is 0.0909. The normalized spacial score (nSPS) is 13.4. The number of pyridine rings is 2. The highest BCUT2D eigenvalue weighted by Gasteiger charge is 2.27. The second-order valence-corrected chi connectivity index (χ2v) is 7.07. The van der Waals surface area contributed by atoms with Gasteiger partial charge >= 0.3 is 0 Å². The average molecular weight is 407 g/mol. The van der Waals surface area contributed by atoms with Gasteiger partial charge in [-0.25, -0.2) is 4.98 Å². The fourth-order valence-corrected chi connectivity index (χ4v) is 3.77. The summed E-state index contributed by atoms with van der Waals surface area (Å²) in [7, 11) is 0. The van der Waals surface area contributed by atoms with Gasteiger partial charge in [-0.3, -0.25) is 10.3 Å². The molecule has 2 aromatic heterocycles. The minimum Gasteiger partial charge on any atom is -0.505 e. The maximum Gasteiger partial charge on any atom is 0.272 e. The summed E-state index contributed by atoms with van der Waals surface area (Å²) in [5.41, 5.74) is 1.95. The van der Waals surface area contributed by atoms with E-state index in [0.29, 0.717) is 33.0 Å². The molecule has 1 atom stereocenters. The van der Waals surface area contributed by atoms with Crippen molar-refractivity contribution in [2.75, 3.05) is 12.1 Å². The highest BCUT2D eigenvalue weighted by Crippen LogP contribution is 2.42. The van der Waals surface area contributed by atoms with E-state index in [4.69, 9.17) is 21.1 Å². The lowest BCUT2D eigenvalue weighted by Gasteiger charge is -2.18. The zero-order valence-electron chi connectivity index (χ0n) is 15.2. The highest BCUT2D eigenvalue weighted by atomic mass is 35.5. The quantitative estimate of drug-likeness (QED) is 0.527. The van der Waals surface area contributed by atoms with E-state index in [9.17, 15) is 5.11 Å². The molecule has 5 rings (SSSR count). The third-order valence-electron chi connectivity index (χ3n) is 4.89. The van der Waals surface area contributed by atoms with Gasteiger partial charge in [-0.05, 0) is 36.4 Å². The first kappa shape index (κ1) is 17.6. The van der Waals surface area contributed by atoms with Gasteiger partial charge < -0.3 is 14.6 Å². The van der Waals surface area contributed by atoms with Gasteiger partial charge in [0.25, 0.3) is 5.82 Å². The molecule has 1 aliphatic rings. The van der Waals surface area contributed by atoms with Crippen molar-refractivity contribution in [3.8, 4) is 17.2 Å². The standard InChI is InChI=1S/C22H16ClN3O3/c23-16-11-15(22(27)21-14(16)4-3-9-25-21)20(26-19-5-1-2-8-24-19)13-6-7-17-18(10-13)29-12-28-17/h1-11,20,27H,12H2,(H,24,26)/p+1/t20-/m1/s1. The van der Waals surface area contributed by atoms with E-state index in [-0.39, 0.29) is 12.5 Å². The third kappa shape index (κ3) is 3.17. The number of hydrogen-bond donors (Lipinski definition) is 2. The van der Waals surface area contributed by atoms with Crippen LogP contribution in [0.1, 0.15) is 17.2 Å². The molecule has 7 heteroatoms. The van der Waals surface area contributed by atoms with Gasteiger partial charge in [-0.2, -0.15) is 0 Å². The van der Waals surface area contributed by atoms with Crippen LogP contribution in [0.2, 0.25) is 5.02 Å². The molecule has 0 radical (unpaired) electrons. The minimum atomic E-state index is -0.410. The average Bonchev–Trinajstić information content (AvgIpc) is 3.23. The Morgan fingerprint density at radius 3 is 2.83 bits per heavy atom. The monoisotopic (exact) mass is 406 g/mol. The van der Waals surface area contributed by atoms with E-state index in [1.807, 2.05) is 48.7 Å². The summed E-state index contributed by atoms with van der Waals surface area (Å²) in [5.74, 6) is 2.22. The molecular weight excluding hydrogens is 390 g/mol. The molecule has 0 amide bonds. The number of aromatic nitrogens is 2. The first-order valence-electron chi connectivity index (χ1n) is 9.09.